The van der Waals surface area contributed by atoms with E-state index in [1.54, 1.807) is 18.6 Å². The number of hydrogen-bond donors (Lipinski definition) is 3. The van der Waals surface area contributed by atoms with Crippen LogP contribution in [0, 0.1) is 0 Å². The van der Waals surface area contributed by atoms with Crippen LogP contribution in [0.2, 0.25) is 0 Å². The van der Waals surface area contributed by atoms with Crippen molar-refractivity contribution in [2.24, 2.45) is 0 Å². The zero-order chi connectivity index (χ0) is 25.4. The smallest absolute Gasteiger partial charge is 0.326 e. The number of hydrogen-bond acceptors (Lipinski definition) is 8. The lowest BCUT2D eigenvalue weighted by atomic mass is 10.0. The minimum absolute atomic E-state index is 0.113. The van der Waals surface area contributed by atoms with E-state index in [1.807, 2.05) is 55.1 Å². The second kappa shape index (κ2) is 9.41. The summed E-state index contributed by atoms with van der Waals surface area (Å²) in [5.74, 6) is -0.414. The van der Waals surface area contributed by atoms with Crippen LogP contribution in [-0.4, -0.2) is 39.2 Å². The van der Waals surface area contributed by atoms with Crippen molar-refractivity contribution in [2.75, 3.05) is 15.5 Å². The summed E-state index contributed by atoms with van der Waals surface area (Å²) in [7, 11) is 0. The molecule has 1 aliphatic rings. The molecule has 3 N–H and O–H groups in total. The maximum atomic E-state index is 12.4. The molecule has 0 bridgehead atoms. The number of carbonyl (C=O) groups is 1. The standard InChI is InChI=1S/C27H27N5O4/c1-15-3-4-16(2)32(15)23-22(24(33)25(23)34)31-21(27(35)36)13-17-5-7-19(8-6-17)30-26-20-14-28-11-9-18(20)10-12-29-26/h5-12,14-16,21,31H,3-4,13H2,1-2H3,(H,29,30)(H,35,36)/t15-,16-,21+/m1/s1. The van der Waals surface area contributed by atoms with Gasteiger partial charge in [-0.05, 0) is 61.9 Å². The maximum absolute atomic E-state index is 12.4. The van der Waals surface area contributed by atoms with Gasteiger partial charge in [0.15, 0.2) is 0 Å². The Hall–Kier alpha value is -4.27. The largest absolute Gasteiger partial charge is 0.480 e. The van der Waals surface area contributed by atoms with Crippen molar-refractivity contribution in [2.45, 2.75) is 51.2 Å². The van der Waals surface area contributed by atoms with E-state index in [0.717, 1.165) is 34.9 Å². The van der Waals surface area contributed by atoms with E-state index in [1.165, 1.54) is 0 Å². The minimum Gasteiger partial charge on any atom is -0.480 e. The first-order valence-corrected chi connectivity index (χ1v) is 12.0. The topological polar surface area (TPSA) is 125 Å². The molecule has 36 heavy (non-hydrogen) atoms. The van der Waals surface area contributed by atoms with Gasteiger partial charge in [0.2, 0.25) is 0 Å². The number of aromatic nitrogens is 2. The lowest BCUT2D eigenvalue weighted by Crippen LogP contribution is -2.48. The molecule has 3 atom stereocenters. The van der Waals surface area contributed by atoms with Gasteiger partial charge in [-0.3, -0.25) is 14.6 Å². The van der Waals surface area contributed by atoms with E-state index < -0.39 is 22.9 Å². The molecule has 5 rings (SSSR count). The molecule has 0 radical (unpaired) electrons. The first-order chi connectivity index (χ1) is 17.3. The summed E-state index contributed by atoms with van der Waals surface area (Å²) in [5, 5.41) is 17.9. The summed E-state index contributed by atoms with van der Waals surface area (Å²) in [6.07, 6.45) is 7.20. The molecule has 2 aromatic heterocycles. The predicted molar refractivity (Wildman–Crippen MR) is 140 cm³/mol. The van der Waals surface area contributed by atoms with Gasteiger partial charge in [0, 0.05) is 48.2 Å². The molecule has 2 aromatic carbocycles. The van der Waals surface area contributed by atoms with Crippen LogP contribution in [0.3, 0.4) is 0 Å². The average Bonchev–Trinajstić information content (AvgIpc) is 3.21. The second-order valence-corrected chi connectivity index (χ2v) is 9.38. The Kier molecular flexibility index (Phi) is 6.13. The third-order valence-electron chi connectivity index (χ3n) is 6.94. The number of rotatable bonds is 8. The van der Waals surface area contributed by atoms with Crippen LogP contribution in [0.1, 0.15) is 32.3 Å². The number of fused-ring (bicyclic) bond motifs is 1. The van der Waals surface area contributed by atoms with Gasteiger partial charge >= 0.3 is 5.97 Å². The maximum Gasteiger partial charge on any atom is 0.326 e. The zero-order valence-electron chi connectivity index (χ0n) is 20.1. The van der Waals surface area contributed by atoms with Gasteiger partial charge in [0.25, 0.3) is 10.9 Å². The van der Waals surface area contributed by atoms with E-state index in [0.29, 0.717) is 11.5 Å². The van der Waals surface area contributed by atoms with E-state index >= 15 is 0 Å². The fraction of sp³-hybridized carbons (Fsp3) is 0.296. The number of nitrogens with zero attached hydrogens (tertiary/aromatic N) is 3. The predicted octanol–water partition coefficient (Wildman–Crippen LogP) is 3.45. The Labute approximate surface area is 207 Å². The van der Waals surface area contributed by atoms with Crippen LogP contribution in [0.25, 0.3) is 10.8 Å². The SMILES string of the molecule is C[C@@H]1CC[C@@H](C)N1c1c(N[C@@H](Cc2ccc(Nc3nccc4ccncc34)cc2)C(=O)O)c(=O)c1=O. The molecule has 1 aliphatic heterocycles. The molecule has 9 nitrogen and oxygen atoms in total. The lowest BCUT2D eigenvalue weighted by Gasteiger charge is -2.32. The van der Waals surface area contributed by atoms with Crippen molar-refractivity contribution in [3.8, 4) is 0 Å². The van der Waals surface area contributed by atoms with Crippen LogP contribution in [0.5, 0.6) is 0 Å². The summed E-state index contributed by atoms with van der Waals surface area (Å²) < 4.78 is 0. The molecular weight excluding hydrogens is 458 g/mol. The van der Waals surface area contributed by atoms with E-state index in [2.05, 4.69) is 20.6 Å². The van der Waals surface area contributed by atoms with Crippen molar-refractivity contribution in [3.63, 3.8) is 0 Å². The Morgan fingerprint density at radius 3 is 2.44 bits per heavy atom. The summed E-state index contributed by atoms with van der Waals surface area (Å²) in [4.78, 5) is 47.3. The second-order valence-electron chi connectivity index (χ2n) is 9.38. The molecule has 3 heterocycles. The molecular formula is C27H27N5O4. The number of nitrogens with one attached hydrogen (secondary N) is 2. The Bertz CT molecular complexity index is 1480. The van der Waals surface area contributed by atoms with Crippen molar-refractivity contribution < 1.29 is 9.90 Å². The van der Waals surface area contributed by atoms with Crippen LogP contribution in [0.4, 0.5) is 22.9 Å². The van der Waals surface area contributed by atoms with Gasteiger partial charge in [0.1, 0.15) is 23.2 Å². The number of benzene rings is 1. The molecule has 0 unspecified atom stereocenters. The Morgan fingerprint density at radius 2 is 1.75 bits per heavy atom. The summed E-state index contributed by atoms with van der Waals surface area (Å²) >= 11 is 0. The fourth-order valence-corrected chi connectivity index (χ4v) is 4.98. The molecule has 1 fully saturated rings. The quantitative estimate of drug-likeness (QED) is 0.322. The molecule has 0 saturated carbocycles. The fourth-order valence-electron chi connectivity index (χ4n) is 4.98. The highest BCUT2D eigenvalue weighted by Crippen LogP contribution is 2.33. The van der Waals surface area contributed by atoms with Crippen molar-refractivity contribution in [3.05, 3.63) is 81.0 Å². The van der Waals surface area contributed by atoms with Gasteiger partial charge in [-0.1, -0.05) is 12.1 Å². The van der Waals surface area contributed by atoms with Crippen LogP contribution < -0.4 is 26.4 Å². The normalized spacial score (nSPS) is 18.4. The number of anilines is 4. The first-order valence-electron chi connectivity index (χ1n) is 12.0. The van der Waals surface area contributed by atoms with Crippen molar-refractivity contribution >= 4 is 39.6 Å². The van der Waals surface area contributed by atoms with Gasteiger partial charge in [-0.2, -0.15) is 0 Å². The molecule has 184 valence electrons. The van der Waals surface area contributed by atoms with Gasteiger partial charge in [-0.15, -0.1) is 0 Å². The molecule has 9 heteroatoms. The number of carboxylic acid groups (broad SMARTS) is 1. The molecule has 4 aromatic rings. The van der Waals surface area contributed by atoms with E-state index in [-0.39, 0.29) is 24.2 Å². The Morgan fingerprint density at radius 1 is 1.06 bits per heavy atom. The lowest BCUT2D eigenvalue weighted by molar-refractivity contribution is -0.137. The number of pyridine rings is 2. The van der Waals surface area contributed by atoms with Crippen molar-refractivity contribution in [1.29, 1.82) is 0 Å². The van der Waals surface area contributed by atoms with E-state index in [4.69, 9.17) is 0 Å². The molecule has 1 saturated heterocycles. The molecule has 0 amide bonds. The molecule has 0 aliphatic carbocycles. The van der Waals surface area contributed by atoms with Crippen LogP contribution >= 0.6 is 0 Å². The first kappa shape index (κ1) is 23.5. The third kappa shape index (κ3) is 4.28. The third-order valence-corrected chi connectivity index (χ3v) is 6.94. The zero-order valence-corrected chi connectivity index (χ0v) is 20.1. The van der Waals surface area contributed by atoms with Crippen LogP contribution in [-0.2, 0) is 11.2 Å². The minimum atomic E-state index is -1.09. The average molecular weight is 486 g/mol. The highest BCUT2D eigenvalue weighted by atomic mass is 16.4. The van der Waals surface area contributed by atoms with Gasteiger partial charge < -0.3 is 20.6 Å². The Balaban J connectivity index is 1.32. The van der Waals surface area contributed by atoms with Gasteiger partial charge in [0.05, 0.1) is 0 Å². The number of aliphatic carboxylic acids is 1. The van der Waals surface area contributed by atoms with E-state index in [9.17, 15) is 19.5 Å². The summed E-state index contributed by atoms with van der Waals surface area (Å²) in [5.41, 5.74) is 0.803. The highest BCUT2D eigenvalue weighted by molar-refractivity contribution is 5.92. The van der Waals surface area contributed by atoms with Crippen molar-refractivity contribution in [1.82, 2.24) is 9.97 Å². The number of carboxylic acids is 1. The summed E-state index contributed by atoms with van der Waals surface area (Å²) in [6.45, 7) is 4.03. The van der Waals surface area contributed by atoms with Crippen LogP contribution in [0.15, 0.2) is 64.6 Å². The van der Waals surface area contributed by atoms with Gasteiger partial charge in [-0.25, -0.2) is 9.78 Å². The monoisotopic (exact) mass is 485 g/mol. The highest BCUT2D eigenvalue weighted by Gasteiger charge is 2.36. The summed E-state index contributed by atoms with van der Waals surface area (Å²) in [6, 6.07) is 10.4. The molecule has 0 spiro atoms.